The van der Waals surface area contributed by atoms with Gasteiger partial charge in [-0.1, -0.05) is 11.8 Å². The molecule has 1 aromatic carbocycles. The van der Waals surface area contributed by atoms with E-state index >= 15 is 0 Å². The van der Waals surface area contributed by atoms with Crippen LogP contribution in [0.3, 0.4) is 0 Å². The largest absolute Gasteiger partial charge is 0.494 e. The molecule has 0 amide bonds. The van der Waals surface area contributed by atoms with E-state index in [4.69, 9.17) is 14.6 Å². The molecule has 0 aliphatic heterocycles. The van der Waals surface area contributed by atoms with Gasteiger partial charge in [0.15, 0.2) is 5.16 Å². The Kier molecular flexibility index (Phi) is 5.95. The molecule has 0 aliphatic rings. The Morgan fingerprint density at radius 3 is 2.43 bits per heavy atom. The van der Waals surface area contributed by atoms with Crippen molar-refractivity contribution in [2.45, 2.75) is 18.7 Å². The third kappa shape index (κ3) is 4.41. The maximum absolute atomic E-state index is 9.11. The highest BCUT2D eigenvalue weighted by Crippen LogP contribution is 2.20. The van der Waals surface area contributed by atoms with Gasteiger partial charge < -0.3 is 19.1 Å². The van der Waals surface area contributed by atoms with Gasteiger partial charge in [-0.05, 0) is 31.2 Å². The number of ether oxygens (including phenoxy) is 2. The molecule has 0 radical (unpaired) electrons. The number of hydrogen-bond donors (Lipinski definition) is 1. The number of aliphatic hydroxyl groups is 1. The van der Waals surface area contributed by atoms with Crippen LogP contribution in [0.25, 0.3) is 0 Å². The molecular formula is C15H20N2O3S. The van der Waals surface area contributed by atoms with E-state index in [9.17, 15) is 0 Å². The maximum atomic E-state index is 9.11. The standard InChI is InChI=1S/C15H20N2O3S/c1-3-19-13-4-6-14(7-5-13)20-8-9-21-15-16-10-12(11-18)17(15)2/h4-7,10,18H,3,8-9,11H2,1-2H3. The predicted molar refractivity (Wildman–Crippen MR) is 83.0 cm³/mol. The van der Waals surface area contributed by atoms with Gasteiger partial charge >= 0.3 is 0 Å². The Bertz CT molecular complexity index is 555. The highest BCUT2D eigenvalue weighted by atomic mass is 32.2. The van der Waals surface area contributed by atoms with E-state index in [1.54, 1.807) is 18.0 Å². The summed E-state index contributed by atoms with van der Waals surface area (Å²) in [5, 5.41) is 9.99. The van der Waals surface area contributed by atoms with Crippen LogP contribution >= 0.6 is 11.8 Å². The predicted octanol–water partition coefficient (Wildman–Crippen LogP) is 2.48. The van der Waals surface area contributed by atoms with Crippen molar-refractivity contribution >= 4 is 11.8 Å². The molecule has 0 aliphatic carbocycles. The molecule has 2 rings (SSSR count). The number of benzene rings is 1. The number of aromatic nitrogens is 2. The summed E-state index contributed by atoms with van der Waals surface area (Å²) in [6, 6.07) is 7.61. The number of aliphatic hydroxyl groups excluding tert-OH is 1. The lowest BCUT2D eigenvalue weighted by atomic mass is 10.3. The van der Waals surface area contributed by atoms with Crippen LogP contribution in [-0.4, -0.2) is 33.6 Å². The first-order chi connectivity index (χ1) is 10.2. The van der Waals surface area contributed by atoms with Crippen LogP contribution in [0.15, 0.2) is 35.6 Å². The summed E-state index contributed by atoms with van der Waals surface area (Å²) >= 11 is 1.60. The van der Waals surface area contributed by atoms with E-state index in [-0.39, 0.29) is 6.61 Å². The van der Waals surface area contributed by atoms with Crippen LogP contribution in [0.1, 0.15) is 12.6 Å². The number of thioether (sulfide) groups is 1. The molecule has 6 heteroatoms. The van der Waals surface area contributed by atoms with Crippen molar-refractivity contribution in [2.24, 2.45) is 7.05 Å². The molecule has 0 spiro atoms. The summed E-state index contributed by atoms with van der Waals surface area (Å²) in [6.07, 6.45) is 1.69. The van der Waals surface area contributed by atoms with Crippen molar-refractivity contribution in [1.82, 2.24) is 9.55 Å². The van der Waals surface area contributed by atoms with Gasteiger partial charge in [-0.2, -0.15) is 0 Å². The van der Waals surface area contributed by atoms with Gasteiger partial charge in [-0.3, -0.25) is 0 Å². The third-order valence-electron chi connectivity index (χ3n) is 2.92. The van der Waals surface area contributed by atoms with E-state index in [1.165, 1.54) is 0 Å². The molecule has 5 nitrogen and oxygen atoms in total. The van der Waals surface area contributed by atoms with Crippen LogP contribution in [0, 0.1) is 0 Å². The molecule has 0 fully saturated rings. The molecule has 1 heterocycles. The summed E-state index contributed by atoms with van der Waals surface area (Å²) in [5.74, 6) is 2.47. The normalized spacial score (nSPS) is 10.6. The molecule has 1 aromatic heterocycles. The molecule has 114 valence electrons. The van der Waals surface area contributed by atoms with Crippen molar-refractivity contribution in [1.29, 1.82) is 0 Å². The van der Waals surface area contributed by atoms with Crippen LogP contribution in [-0.2, 0) is 13.7 Å². The lowest BCUT2D eigenvalue weighted by molar-refractivity contribution is 0.271. The average molecular weight is 308 g/mol. The van der Waals surface area contributed by atoms with Crippen molar-refractivity contribution in [3.05, 3.63) is 36.2 Å². The zero-order chi connectivity index (χ0) is 15.1. The fourth-order valence-electron chi connectivity index (χ4n) is 1.80. The molecule has 0 atom stereocenters. The smallest absolute Gasteiger partial charge is 0.168 e. The Balaban J connectivity index is 1.75. The van der Waals surface area contributed by atoms with Gasteiger partial charge in [0.05, 0.1) is 31.7 Å². The third-order valence-corrected chi connectivity index (χ3v) is 3.93. The topological polar surface area (TPSA) is 56.5 Å². The maximum Gasteiger partial charge on any atom is 0.168 e. The molecular weight excluding hydrogens is 288 g/mol. The Morgan fingerprint density at radius 1 is 1.19 bits per heavy atom. The second-order valence-electron chi connectivity index (χ2n) is 4.35. The van der Waals surface area contributed by atoms with E-state index in [0.717, 1.165) is 28.1 Å². The van der Waals surface area contributed by atoms with E-state index in [0.29, 0.717) is 13.2 Å². The summed E-state index contributed by atoms with van der Waals surface area (Å²) < 4.78 is 12.9. The Hall–Kier alpha value is -1.66. The van der Waals surface area contributed by atoms with Gasteiger partial charge in [0.2, 0.25) is 0 Å². The number of imidazole rings is 1. The zero-order valence-electron chi connectivity index (χ0n) is 12.3. The van der Waals surface area contributed by atoms with Gasteiger partial charge in [-0.25, -0.2) is 4.98 Å². The minimum atomic E-state index is 0.00669. The average Bonchev–Trinajstić information content (AvgIpc) is 2.86. The number of hydrogen-bond acceptors (Lipinski definition) is 5. The van der Waals surface area contributed by atoms with Gasteiger partial charge in [0.1, 0.15) is 11.5 Å². The summed E-state index contributed by atoms with van der Waals surface area (Å²) in [4.78, 5) is 4.26. The monoisotopic (exact) mass is 308 g/mol. The molecule has 0 saturated carbocycles. The van der Waals surface area contributed by atoms with E-state index in [2.05, 4.69) is 4.98 Å². The van der Waals surface area contributed by atoms with Gasteiger partial charge in [0, 0.05) is 12.8 Å². The molecule has 0 saturated heterocycles. The van der Waals surface area contributed by atoms with Crippen molar-refractivity contribution in [3.8, 4) is 11.5 Å². The van der Waals surface area contributed by atoms with E-state index < -0.39 is 0 Å². The first-order valence-corrected chi connectivity index (χ1v) is 7.83. The van der Waals surface area contributed by atoms with Crippen molar-refractivity contribution in [2.75, 3.05) is 19.0 Å². The summed E-state index contributed by atoms with van der Waals surface area (Å²) in [6.45, 7) is 3.23. The number of rotatable bonds is 8. The second kappa shape index (κ2) is 7.95. The number of nitrogens with zero attached hydrogens (tertiary/aromatic N) is 2. The van der Waals surface area contributed by atoms with Gasteiger partial charge in [-0.15, -0.1) is 0 Å². The highest BCUT2D eigenvalue weighted by Gasteiger charge is 2.05. The molecule has 0 unspecified atom stereocenters. The van der Waals surface area contributed by atoms with Crippen molar-refractivity contribution < 1.29 is 14.6 Å². The van der Waals surface area contributed by atoms with Crippen molar-refractivity contribution in [3.63, 3.8) is 0 Å². The quantitative estimate of drug-likeness (QED) is 0.600. The summed E-state index contributed by atoms with van der Waals surface area (Å²) in [5.41, 5.74) is 0.810. The van der Waals surface area contributed by atoms with E-state index in [1.807, 2.05) is 42.8 Å². The molecule has 0 bridgehead atoms. The minimum Gasteiger partial charge on any atom is -0.494 e. The first kappa shape index (κ1) is 15.7. The Labute approximate surface area is 128 Å². The second-order valence-corrected chi connectivity index (χ2v) is 5.41. The zero-order valence-corrected chi connectivity index (χ0v) is 13.1. The van der Waals surface area contributed by atoms with Crippen LogP contribution in [0.2, 0.25) is 0 Å². The summed E-state index contributed by atoms with van der Waals surface area (Å²) in [7, 11) is 1.90. The van der Waals surface area contributed by atoms with Crippen LogP contribution in [0.4, 0.5) is 0 Å². The lowest BCUT2D eigenvalue weighted by Gasteiger charge is -2.08. The van der Waals surface area contributed by atoms with Crippen LogP contribution < -0.4 is 9.47 Å². The molecule has 2 aromatic rings. The minimum absolute atomic E-state index is 0.00669. The fourth-order valence-corrected chi connectivity index (χ4v) is 2.59. The molecule has 21 heavy (non-hydrogen) atoms. The van der Waals surface area contributed by atoms with Gasteiger partial charge in [0.25, 0.3) is 0 Å². The lowest BCUT2D eigenvalue weighted by Crippen LogP contribution is -2.02. The highest BCUT2D eigenvalue weighted by molar-refractivity contribution is 7.99. The fraction of sp³-hybridized carbons (Fsp3) is 0.400. The SMILES string of the molecule is CCOc1ccc(OCCSc2ncc(CO)n2C)cc1. The first-order valence-electron chi connectivity index (χ1n) is 6.84. The molecule has 1 N–H and O–H groups in total. The van der Waals surface area contributed by atoms with Crippen LogP contribution in [0.5, 0.6) is 11.5 Å². The Morgan fingerprint density at radius 2 is 1.86 bits per heavy atom.